The van der Waals surface area contributed by atoms with Crippen LogP contribution < -0.4 is 10.6 Å². The van der Waals surface area contributed by atoms with Gasteiger partial charge in [0.25, 0.3) is 0 Å². The van der Waals surface area contributed by atoms with Gasteiger partial charge in [-0.05, 0) is 79.1 Å². The molecule has 0 spiro atoms. The van der Waals surface area contributed by atoms with Crippen LogP contribution in [-0.4, -0.2) is 46.9 Å². The Morgan fingerprint density at radius 3 is 1.98 bits per heavy atom. The average molecular weight is 825 g/mol. The molecular formula is C50H45FN8O3. The predicted molar refractivity (Wildman–Crippen MR) is 237 cm³/mol. The second-order valence-electron chi connectivity index (χ2n) is 16.7. The molecule has 1 aliphatic rings. The fourth-order valence-corrected chi connectivity index (χ4v) is 8.73. The number of halogens is 1. The number of nitrogens with one attached hydrogen (secondary N) is 2. The third-order valence-corrected chi connectivity index (χ3v) is 11.5. The normalized spacial score (nSPS) is 16.2. The van der Waals surface area contributed by atoms with Gasteiger partial charge in [0.1, 0.15) is 17.0 Å². The topological polar surface area (TPSA) is 129 Å². The molecule has 12 heteroatoms. The van der Waals surface area contributed by atoms with E-state index >= 15 is 4.39 Å². The molecule has 3 atom stereocenters. The summed E-state index contributed by atoms with van der Waals surface area (Å²) in [6.45, 7) is 7.05. The minimum Gasteiger partial charge on any atom is -0.444 e. The van der Waals surface area contributed by atoms with Gasteiger partial charge in [0.05, 0.1) is 29.8 Å². The number of imidazole rings is 1. The van der Waals surface area contributed by atoms with Gasteiger partial charge in [-0.1, -0.05) is 91.0 Å². The van der Waals surface area contributed by atoms with Crippen molar-refractivity contribution >= 4 is 34.3 Å². The first-order valence-electron chi connectivity index (χ1n) is 20.5. The summed E-state index contributed by atoms with van der Waals surface area (Å²) in [5.74, 6) is -1.64. The van der Waals surface area contributed by atoms with Gasteiger partial charge >= 0.3 is 6.09 Å². The summed E-state index contributed by atoms with van der Waals surface area (Å²) >= 11 is 0. The highest BCUT2D eigenvalue weighted by Crippen LogP contribution is 2.60. The van der Waals surface area contributed by atoms with Crippen molar-refractivity contribution in [1.82, 2.24) is 29.3 Å². The quantitative estimate of drug-likeness (QED) is 0.131. The molecule has 1 unspecified atom stereocenters. The first kappa shape index (κ1) is 40.0. The van der Waals surface area contributed by atoms with Gasteiger partial charge < -0.3 is 14.6 Å². The molecule has 4 aromatic heterocycles. The van der Waals surface area contributed by atoms with E-state index < -0.39 is 29.0 Å². The Hall–Kier alpha value is -7.47. The standard InChI is InChI=1S/C50H45FN8O3/c1-31-21-22-52-26-38(31)37-23-32-24-41(53-27-39(32)46(45(37)51)57-48(61)62-49(2,3)4)56-47(60)44-42(33-25-55-58(5)28-33)43(44)40-29-59(30-54-40)50(34-15-9-6-10-16-34,35-17-11-7-12-18-35)36-19-13-8-14-20-36/h6-30,42-44H,1-5H3,(H,57,61)(H,53,56,60)/t42-,43?,44+/m0/s1. The summed E-state index contributed by atoms with van der Waals surface area (Å²) in [5.41, 5.74) is 4.76. The van der Waals surface area contributed by atoms with Crippen molar-refractivity contribution in [3.63, 3.8) is 0 Å². The zero-order valence-electron chi connectivity index (χ0n) is 35.0. The van der Waals surface area contributed by atoms with Crippen LogP contribution in [0.15, 0.2) is 153 Å². The predicted octanol–water partition coefficient (Wildman–Crippen LogP) is 10.00. The lowest BCUT2D eigenvalue weighted by Crippen LogP contribution is -2.36. The number of nitrogens with zero attached hydrogens (tertiary/aromatic N) is 6. The van der Waals surface area contributed by atoms with E-state index in [4.69, 9.17) is 9.72 Å². The first-order chi connectivity index (χ1) is 29.9. The van der Waals surface area contributed by atoms with Crippen molar-refractivity contribution < 1.29 is 18.7 Å². The molecule has 0 aliphatic heterocycles. The second-order valence-corrected chi connectivity index (χ2v) is 16.7. The maximum atomic E-state index is 16.5. The molecule has 9 rings (SSSR count). The molecule has 8 aromatic rings. The molecule has 0 radical (unpaired) electrons. The first-order valence-corrected chi connectivity index (χ1v) is 20.5. The van der Waals surface area contributed by atoms with E-state index in [0.717, 1.165) is 33.5 Å². The SMILES string of the molecule is Cc1ccncc1-c1cc2cc(NC(=O)[C@H]3C(c4cn(C(c5ccccc5)(c5ccccc5)c5ccccc5)cn4)[C@@H]3c3cnn(C)c3)ncc2c(NC(=O)OC(C)(C)C)c1F. The lowest BCUT2D eigenvalue weighted by Gasteiger charge is -2.37. The van der Waals surface area contributed by atoms with Crippen molar-refractivity contribution in [3.05, 3.63) is 192 Å². The van der Waals surface area contributed by atoms with Gasteiger partial charge in [-0.15, -0.1) is 0 Å². The van der Waals surface area contributed by atoms with E-state index in [1.807, 2.05) is 81.1 Å². The van der Waals surface area contributed by atoms with Crippen LogP contribution in [0.1, 0.15) is 66.1 Å². The van der Waals surface area contributed by atoms with Crippen LogP contribution in [0, 0.1) is 18.7 Å². The van der Waals surface area contributed by atoms with Crippen molar-refractivity contribution in [2.45, 2.75) is 50.7 Å². The summed E-state index contributed by atoms with van der Waals surface area (Å²) in [6.07, 6.45) is 11.5. The molecule has 2 N–H and O–H groups in total. The van der Waals surface area contributed by atoms with Crippen molar-refractivity contribution in [2.24, 2.45) is 13.0 Å². The molecule has 1 aliphatic carbocycles. The van der Waals surface area contributed by atoms with Crippen LogP contribution >= 0.6 is 0 Å². The zero-order valence-corrected chi connectivity index (χ0v) is 35.0. The fraction of sp³-hybridized carbons (Fsp3) is 0.200. The lowest BCUT2D eigenvalue weighted by molar-refractivity contribution is -0.117. The van der Waals surface area contributed by atoms with Gasteiger partial charge in [0, 0.05) is 66.4 Å². The Labute approximate surface area is 358 Å². The van der Waals surface area contributed by atoms with Crippen molar-refractivity contribution in [2.75, 3.05) is 10.6 Å². The number of benzene rings is 4. The Balaban J connectivity index is 1.09. The van der Waals surface area contributed by atoms with Crippen LogP contribution in [0.5, 0.6) is 0 Å². The molecular weight excluding hydrogens is 780 g/mol. The Morgan fingerprint density at radius 1 is 0.758 bits per heavy atom. The van der Waals surface area contributed by atoms with E-state index in [0.29, 0.717) is 16.3 Å². The number of hydrogen-bond acceptors (Lipinski definition) is 7. The van der Waals surface area contributed by atoms with Crippen LogP contribution in [0.3, 0.4) is 0 Å². The molecule has 62 heavy (non-hydrogen) atoms. The fourth-order valence-electron chi connectivity index (χ4n) is 8.73. The summed E-state index contributed by atoms with van der Waals surface area (Å²) < 4.78 is 25.8. The second kappa shape index (κ2) is 15.9. The summed E-state index contributed by atoms with van der Waals surface area (Å²) in [4.78, 5) is 41.4. The van der Waals surface area contributed by atoms with Gasteiger partial charge in [-0.2, -0.15) is 5.10 Å². The van der Waals surface area contributed by atoms with E-state index in [1.165, 1.54) is 6.20 Å². The monoisotopic (exact) mass is 824 g/mol. The average Bonchev–Trinajstić information content (AvgIpc) is 3.53. The van der Waals surface area contributed by atoms with Crippen LogP contribution in [-0.2, 0) is 22.1 Å². The number of anilines is 2. The number of ether oxygens (including phenoxy) is 1. The highest BCUT2D eigenvalue weighted by molar-refractivity contribution is 6.05. The third-order valence-electron chi connectivity index (χ3n) is 11.5. The molecule has 4 aromatic carbocycles. The summed E-state index contributed by atoms with van der Waals surface area (Å²) in [5, 5.41) is 11.0. The third kappa shape index (κ3) is 7.37. The number of rotatable bonds is 10. The minimum atomic E-state index is -0.815. The van der Waals surface area contributed by atoms with Gasteiger partial charge in [-0.25, -0.2) is 19.2 Å². The number of carbonyl (C=O) groups is 2. The number of pyridine rings is 2. The molecule has 11 nitrogen and oxygen atoms in total. The molecule has 1 fully saturated rings. The molecule has 2 amide bonds. The Kier molecular flexibility index (Phi) is 10.2. The number of aromatic nitrogens is 6. The van der Waals surface area contributed by atoms with Crippen molar-refractivity contribution in [1.29, 1.82) is 0 Å². The van der Waals surface area contributed by atoms with Gasteiger partial charge in [0.15, 0.2) is 5.82 Å². The molecule has 310 valence electrons. The van der Waals surface area contributed by atoms with E-state index in [1.54, 1.807) is 62.2 Å². The van der Waals surface area contributed by atoms with Crippen LogP contribution in [0.2, 0.25) is 0 Å². The van der Waals surface area contributed by atoms with E-state index in [2.05, 4.69) is 72.9 Å². The number of hydrogen-bond donors (Lipinski definition) is 2. The number of carbonyl (C=O) groups excluding carboxylic acids is 2. The summed E-state index contributed by atoms with van der Waals surface area (Å²) in [6, 6.07) is 36.3. The van der Waals surface area contributed by atoms with Crippen molar-refractivity contribution in [3.8, 4) is 11.1 Å². The van der Waals surface area contributed by atoms with Crippen LogP contribution in [0.4, 0.5) is 20.7 Å². The Morgan fingerprint density at radius 2 is 1.40 bits per heavy atom. The molecule has 1 saturated carbocycles. The molecule has 0 bridgehead atoms. The number of fused-ring (bicyclic) bond motifs is 1. The highest BCUT2D eigenvalue weighted by atomic mass is 19.1. The number of aryl methyl sites for hydroxylation is 2. The minimum absolute atomic E-state index is 0.0903. The molecule has 4 heterocycles. The zero-order chi connectivity index (χ0) is 43.2. The maximum absolute atomic E-state index is 16.5. The number of amides is 2. The van der Waals surface area contributed by atoms with Crippen LogP contribution in [0.25, 0.3) is 21.9 Å². The van der Waals surface area contributed by atoms with E-state index in [-0.39, 0.29) is 34.8 Å². The smallest absolute Gasteiger partial charge is 0.412 e. The molecule has 0 saturated heterocycles. The van der Waals surface area contributed by atoms with Gasteiger partial charge in [0.2, 0.25) is 5.91 Å². The summed E-state index contributed by atoms with van der Waals surface area (Å²) in [7, 11) is 1.85. The van der Waals surface area contributed by atoms with Gasteiger partial charge in [-0.3, -0.25) is 19.8 Å². The maximum Gasteiger partial charge on any atom is 0.412 e. The highest BCUT2D eigenvalue weighted by Gasteiger charge is 2.58. The largest absolute Gasteiger partial charge is 0.444 e. The Bertz CT molecular complexity index is 2830. The lowest BCUT2D eigenvalue weighted by atomic mass is 9.77. The van der Waals surface area contributed by atoms with E-state index in [9.17, 15) is 9.59 Å².